The summed E-state index contributed by atoms with van der Waals surface area (Å²) in [6, 6.07) is 0. The minimum absolute atomic E-state index is 0.0689. The first-order valence-electron chi connectivity index (χ1n) is 5.94. The van der Waals surface area contributed by atoms with Crippen LogP contribution < -0.4 is 0 Å². The van der Waals surface area contributed by atoms with Gasteiger partial charge in [0.05, 0.1) is 5.92 Å². The molecule has 3 fully saturated rings. The van der Waals surface area contributed by atoms with Crippen molar-refractivity contribution in [3.05, 3.63) is 0 Å². The quantitative estimate of drug-likeness (QED) is 0.554. The van der Waals surface area contributed by atoms with Crippen molar-refractivity contribution in [2.75, 3.05) is 0 Å². The average Bonchev–Trinajstić information content (AvgIpc) is 2.74. The third kappa shape index (κ3) is 0.896. The largest absolute Gasteiger partial charge is 0.462 e. The Morgan fingerprint density at radius 1 is 1.29 bits per heavy atom. The fourth-order valence-corrected chi connectivity index (χ4v) is 4.24. The van der Waals surface area contributed by atoms with Gasteiger partial charge in [-0.05, 0) is 38.0 Å². The van der Waals surface area contributed by atoms with Gasteiger partial charge in [0.15, 0.2) is 0 Å². The zero-order valence-corrected chi connectivity index (χ0v) is 8.79. The molecule has 3 rings (SSSR count). The molecule has 0 bridgehead atoms. The van der Waals surface area contributed by atoms with Crippen molar-refractivity contribution in [2.45, 2.75) is 51.6 Å². The number of carbonyl (C=O) groups is 1. The number of carbonyl (C=O) groups excluding carboxylic acids is 1. The Morgan fingerprint density at radius 3 is 2.79 bits per heavy atom. The molecule has 0 unspecified atom stereocenters. The summed E-state index contributed by atoms with van der Waals surface area (Å²) in [6.45, 7) is 2.06. The molecule has 78 valence electrons. The van der Waals surface area contributed by atoms with Crippen LogP contribution in [0.15, 0.2) is 0 Å². The topological polar surface area (TPSA) is 26.3 Å². The van der Waals surface area contributed by atoms with E-state index in [0.29, 0.717) is 11.3 Å². The zero-order chi connectivity index (χ0) is 9.76. The van der Waals surface area contributed by atoms with E-state index in [0.717, 1.165) is 6.42 Å². The number of ether oxygens (including phenoxy) is 1. The maximum absolute atomic E-state index is 11.7. The van der Waals surface area contributed by atoms with Crippen LogP contribution in [0.3, 0.4) is 0 Å². The van der Waals surface area contributed by atoms with Gasteiger partial charge in [-0.1, -0.05) is 13.3 Å². The molecule has 1 saturated heterocycles. The molecule has 14 heavy (non-hydrogen) atoms. The third-order valence-electron chi connectivity index (χ3n) is 4.88. The molecule has 0 N–H and O–H groups in total. The Balaban J connectivity index is 1.99. The summed E-state index contributed by atoms with van der Waals surface area (Å²) in [5.41, 5.74) is 0.410. The number of rotatable bonds is 0. The Kier molecular flexibility index (Phi) is 1.71. The van der Waals surface area contributed by atoms with E-state index in [-0.39, 0.29) is 18.0 Å². The first-order valence-corrected chi connectivity index (χ1v) is 5.94. The molecule has 0 amide bonds. The highest BCUT2D eigenvalue weighted by molar-refractivity contribution is 5.74. The predicted octanol–water partition coefficient (Wildman–Crippen LogP) is 2.52. The van der Waals surface area contributed by atoms with E-state index < -0.39 is 0 Å². The molecule has 1 spiro atoms. The molecule has 0 aromatic heterocycles. The van der Waals surface area contributed by atoms with E-state index in [2.05, 4.69) is 6.92 Å². The highest BCUT2D eigenvalue weighted by Gasteiger charge is 2.58. The fraction of sp³-hybridized carbons (Fsp3) is 0.917. The van der Waals surface area contributed by atoms with Crippen LogP contribution in [0.1, 0.15) is 45.4 Å². The van der Waals surface area contributed by atoms with Crippen LogP contribution in [0.25, 0.3) is 0 Å². The third-order valence-corrected chi connectivity index (χ3v) is 4.88. The molecule has 2 heteroatoms. The molecule has 2 saturated carbocycles. The van der Waals surface area contributed by atoms with Gasteiger partial charge in [0.25, 0.3) is 0 Å². The zero-order valence-electron chi connectivity index (χ0n) is 8.79. The van der Waals surface area contributed by atoms with Crippen molar-refractivity contribution in [3.8, 4) is 0 Å². The van der Waals surface area contributed by atoms with Crippen molar-refractivity contribution < 1.29 is 9.53 Å². The van der Waals surface area contributed by atoms with Gasteiger partial charge >= 0.3 is 5.97 Å². The molecular weight excluding hydrogens is 176 g/mol. The Bertz CT molecular complexity index is 269. The maximum Gasteiger partial charge on any atom is 0.309 e. The van der Waals surface area contributed by atoms with Gasteiger partial charge in [-0.3, -0.25) is 4.79 Å². The second-order valence-corrected chi connectivity index (χ2v) is 5.34. The van der Waals surface area contributed by atoms with E-state index in [4.69, 9.17) is 4.74 Å². The molecule has 0 aromatic rings. The minimum Gasteiger partial charge on any atom is -0.462 e. The van der Waals surface area contributed by atoms with Crippen LogP contribution in [-0.4, -0.2) is 12.1 Å². The molecule has 1 aliphatic heterocycles. The maximum atomic E-state index is 11.7. The Labute approximate surface area is 85.0 Å². The van der Waals surface area contributed by atoms with Crippen LogP contribution in [0, 0.1) is 17.3 Å². The second-order valence-electron chi connectivity index (χ2n) is 5.34. The Hall–Kier alpha value is -0.530. The molecule has 1 heterocycles. The summed E-state index contributed by atoms with van der Waals surface area (Å²) in [7, 11) is 0. The summed E-state index contributed by atoms with van der Waals surface area (Å²) < 4.78 is 5.59. The smallest absolute Gasteiger partial charge is 0.309 e. The van der Waals surface area contributed by atoms with Crippen molar-refractivity contribution in [1.82, 2.24) is 0 Å². The van der Waals surface area contributed by atoms with Crippen molar-refractivity contribution in [2.24, 2.45) is 17.3 Å². The predicted molar refractivity (Wildman–Crippen MR) is 52.7 cm³/mol. The van der Waals surface area contributed by atoms with Crippen LogP contribution in [-0.2, 0) is 9.53 Å². The van der Waals surface area contributed by atoms with Gasteiger partial charge in [-0.25, -0.2) is 0 Å². The van der Waals surface area contributed by atoms with Crippen molar-refractivity contribution in [1.29, 1.82) is 0 Å². The van der Waals surface area contributed by atoms with Crippen LogP contribution in [0.5, 0.6) is 0 Å². The van der Waals surface area contributed by atoms with Crippen LogP contribution in [0.2, 0.25) is 0 Å². The molecule has 0 radical (unpaired) electrons. The number of hydrogen-bond donors (Lipinski definition) is 0. The standard InChI is InChI=1S/C12H18O2/c1-8-9-4-2-6-12(9)7-3-5-10(12)14-11(8)13/h8-10H,2-7H2,1H3/t8-,9-,10+,12+/m1/s1. The van der Waals surface area contributed by atoms with E-state index in [1.54, 1.807) is 0 Å². The lowest BCUT2D eigenvalue weighted by atomic mass is 9.68. The van der Waals surface area contributed by atoms with Crippen LogP contribution in [0.4, 0.5) is 0 Å². The van der Waals surface area contributed by atoms with Gasteiger partial charge in [0.1, 0.15) is 6.10 Å². The molecule has 2 aliphatic carbocycles. The van der Waals surface area contributed by atoms with Gasteiger partial charge < -0.3 is 4.74 Å². The van der Waals surface area contributed by atoms with Gasteiger partial charge in [0.2, 0.25) is 0 Å². The van der Waals surface area contributed by atoms with E-state index >= 15 is 0 Å². The molecule has 0 aromatic carbocycles. The summed E-state index contributed by atoms with van der Waals surface area (Å²) >= 11 is 0. The normalized spacial score (nSPS) is 51.2. The lowest BCUT2D eigenvalue weighted by Crippen LogP contribution is -2.47. The average molecular weight is 194 g/mol. The Morgan fingerprint density at radius 2 is 2.00 bits per heavy atom. The lowest BCUT2D eigenvalue weighted by molar-refractivity contribution is -0.178. The fourth-order valence-electron chi connectivity index (χ4n) is 4.24. The van der Waals surface area contributed by atoms with Gasteiger partial charge in [0, 0.05) is 5.41 Å². The highest BCUT2D eigenvalue weighted by Crippen LogP contribution is 2.60. The lowest BCUT2D eigenvalue weighted by Gasteiger charge is -2.43. The number of esters is 1. The summed E-state index contributed by atoms with van der Waals surface area (Å²) in [4.78, 5) is 11.7. The SMILES string of the molecule is C[C@H]1C(=O)O[C@H]2CCC[C@]23CCC[C@H]13. The summed E-state index contributed by atoms with van der Waals surface area (Å²) in [5.74, 6) is 0.863. The van der Waals surface area contributed by atoms with Gasteiger partial charge in [-0.15, -0.1) is 0 Å². The van der Waals surface area contributed by atoms with E-state index in [1.165, 1.54) is 32.1 Å². The van der Waals surface area contributed by atoms with Crippen LogP contribution >= 0.6 is 0 Å². The first kappa shape index (κ1) is 8.75. The van der Waals surface area contributed by atoms with E-state index in [1.807, 2.05) is 0 Å². The summed E-state index contributed by atoms with van der Waals surface area (Å²) in [5, 5.41) is 0. The second kappa shape index (κ2) is 2.74. The minimum atomic E-state index is 0.0689. The van der Waals surface area contributed by atoms with Crippen molar-refractivity contribution in [3.63, 3.8) is 0 Å². The molecule has 4 atom stereocenters. The first-order chi connectivity index (χ1) is 6.74. The summed E-state index contributed by atoms with van der Waals surface area (Å²) in [6.07, 6.45) is 7.84. The van der Waals surface area contributed by atoms with Gasteiger partial charge in [-0.2, -0.15) is 0 Å². The molecule has 2 nitrogen and oxygen atoms in total. The van der Waals surface area contributed by atoms with Crippen molar-refractivity contribution >= 4 is 5.97 Å². The highest BCUT2D eigenvalue weighted by atomic mass is 16.5. The van der Waals surface area contributed by atoms with E-state index in [9.17, 15) is 4.79 Å². The molecule has 3 aliphatic rings. The number of hydrogen-bond acceptors (Lipinski definition) is 2. The monoisotopic (exact) mass is 194 g/mol. The molecular formula is C12H18O2.